The molecule has 0 amide bonds. The number of hydrogen-bond donors (Lipinski definition) is 2. The molecule has 3 aromatic rings. The van der Waals surface area contributed by atoms with Crippen molar-refractivity contribution in [3.63, 3.8) is 0 Å². The van der Waals surface area contributed by atoms with Crippen molar-refractivity contribution in [1.82, 2.24) is 9.97 Å². The van der Waals surface area contributed by atoms with Crippen LogP contribution in [0.1, 0.15) is 11.4 Å². The summed E-state index contributed by atoms with van der Waals surface area (Å²) in [5.41, 5.74) is 0.601. The van der Waals surface area contributed by atoms with Gasteiger partial charge in [0.05, 0.1) is 44.4 Å². The summed E-state index contributed by atoms with van der Waals surface area (Å²) in [6.45, 7) is 0. The number of methoxy groups -OCH3 is 4. The van der Waals surface area contributed by atoms with E-state index in [1.807, 2.05) is 0 Å². The molecule has 0 atom stereocenters. The van der Waals surface area contributed by atoms with Gasteiger partial charge in [-0.05, 0) is 29.8 Å². The molecule has 0 spiro atoms. The van der Waals surface area contributed by atoms with Crippen LogP contribution in [0.3, 0.4) is 0 Å². The van der Waals surface area contributed by atoms with Gasteiger partial charge in [-0.25, -0.2) is 4.98 Å². The fraction of sp³-hybridized carbons (Fsp3) is 0.200. The Bertz CT molecular complexity index is 1130. The Balaban J connectivity index is 2.12. The van der Waals surface area contributed by atoms with Crippen LogP contribution in [0.15, 0.2) is 29.1 Å². The second-order valence-electron chi connectivity index (χ2n) is 5.91. The van der Waals surface area contributed by atoms with Crippen molar-refractivity contribution in [2.24, 2.45) is 0 Å². The zero-order valence-corrected chi connectivity index (χ0v) is 17.0. The van der Waals surface area contributed by atoms with Gasteiger partial charge >= 0.3 is 0 Å². The topological polar surface area (TPSA) is 103 Å². The van der Waals surface area contributed by atoms with E-state index in [0.29, 0.717) is 28.0 Å². The van der Waals surface area contributed by atoms with Gasteiger partial charge in [-0.15, -0.1) is 0 Å². The van der Waals surface area contributed by atoms with Crippen LogP contribution in [0.4, 0.5) is 0 Å². The molecule has 29 heavy (non-hydrogen) atoms. The molecule has 0 fully saturated rings. The summed E-state index contributed by atoms with van der Waals surface area (Å²) in [5.74, 6) is 1.35. The highest BCUT2D eigenvalue weighted by Crippen LogP contribution is 2.38. The van der Waals surface area contributed by atoms with Gasteiger partial charge in [0, 0.05) is 6.07 Å². The first-order valence-electron chi connectivity index (χ1n) is 8.40. The van der Waals surface area contributed by atoms with Crippen molar-refractivity contribution >= 4 is 33.6 Å². The predicted molar refractivity (Wildman–Crippen MR) is 110 cm³/mol. The van der Waals surface area contributed by atoms with Crippen LogP contribution < -0.4 is 24.5 Å². The molecule has 1 aromatic heterocycles. The zero-order chi connectivity index (χ0) is 21.1. The van der Waals surface area contributed by atoms with Gasteiger partial charge in [-0.1, -0.05) is 11.6 Å². The largest absolute Gasteiger partial charge is 0.502 e. The minimum atomic E-state index is -0.377. The second kappa shape index (κ2) is 8.32. The second-order valence-corrected chi connectivity index (χ2v) is 6.31. The summed E-state index contributed by atoms with van der Waals surface area (Å²) in [5, 5.41) is 10.5. The number of hydrogen-bond acceptors (Lipinski definition) is 7. The van der Waals surface area contributed by atoms with E-state index >= 15 is 0 Å². The average molecular weight is 419 g/mol. The van der Waals surface area contributed by atoms with Crippen molar-refractivity contribution in [2.75, 3.05) is 28.4 Å². The van der Waals surface area contributed by atoms with Crippen LogP contribution in [-0.4, -0.2) is 43.5 Å². The van der Waals surface area contributed by atoms with Crippen molar-refractivity contribution < 1.29 is 24.1 Å². The number of benzene rings is 2. The quantitative estimate of drug-likeness (QED) is 0.632. The highest BCUT2D eigenvalue weighted by molar-refractivity contribution is 6.50. The summed E-state index contributed by atoms with van der Waals surface area (Å²) in [7, 11) is 5.83. The Kier molecular flexibility index (Phi) is 5.84. The maximum atomic E-state index is 12.5. The molecule has 3 rings (SSSR count). The number of H-pyrrole nitrogens is 1. The Morgan fingerprint density at radius 1 is 0.966 bits per heavy atom. The molecule has 2 aromatic carbocycles. The third-order valence-corrected chi connectivity index (χ3v) is 4.52. The lowest BCUT2D eigenvalue weighted by Gasteiger charge is -2.10. The molecule has 0 saturated heterocycles. The lowest BCUT2D eigenvalue weighted by atomic mass is 10.1. The van der Waals surface area contributed by atoms with E-state index in [4.69, 9.17) is 30.5 Å². The van der Waals surface area contributed by atoms with E-state index < -0.39 is 0 Å². The number of aromatic hydroxyl groups is 1. The number of fused-ring (bicyclic) bond motifs is 1. The highest BCUT2D eigenvalue weighted by atomic mass is 35.5. The van der Waals surface area contributed by atoms with Crippen LogP contribution in [0.25, 0.3) is 22.0 Å². The van der Waals surface area contributed by atoms with Crippen molar-refractivity contribution in [3.8, 4) is 28.7 Å². The number of halogens is 1. The monoisotopic (exact) mass is 418 g/mol. The number of aromatic nitrogens is 2. The van der Waals surface area contributed by atoms with Crippen LogP contribution in [0.5, 0.6) is 28.7 Å². The summed E-state index contributed by atoms with van der Waals surface area (Å²) in [6.07, 6.45) is 1.57. The molecule has 0 radical (unpaired) electrons. The maximum Gasteiger partial charge on any atom is 0.259 e. The van der Waals surface area contributed by atoms with Crippen molar-refractivity contribution in [2.45, 2.75) is 0 Å². The lowest BCUT2D eigenvalue weighted by Crippen LogP contribution is -2.11. The van der Waals surface area contributed by atoms with E-state index in [1.54, 1.807) is 30.3 Å². The maximum absolute atomic E-state index is 12.5. The molecule has 0 saturated carbocycles. The molecule has 9 heteroatoms. The third-order valence-electron chi connectivity index (χ3n) is 4.23. The van der Waals surface area contributed by atoms with E-state index in [2.05, 4.69) is 9.97 Å². The molecular formula is C20H19ClN2O6. The highest BCUT2D eigenvalue weighted by Gasteiger charge is 2.14. The van der Waals surface area contributed by atoms with Crippen molar-refractivity contribution in [3.05, 3.63) is 46.0 Å². The van der Waals surface area contributed by atoms with Crippen LogP contribution in [0, 0.1) is 0 Å². The number of aromatic amines is 1. The van der Waals surface area contributed by atoms with Crippen molar-refractivity contribution in [1.29, 1.82) is 0 Å². The van der Waals surface area contributed by atoms with Crippen LogP contribution >= 0.6 is 11.6 Å². The smallest absolute Gasteiger partial charge is 0.259 e. The summed E-state index contributed by atoms with van der Waals surface area (Å²) >= 11 is 6.40. The summed E-state index contributed by atoms with van der Waals surface area (Å²) in [4.78, 5) is 19.6. The van der Waals surface area contributed by atoms with Crippen LogP contribution in [0.2, 0.25) is 0 Å². The van der Waals surface area contributed by atoms with E-state index in [0.717, 1.165) is 0 Å². The average Bonchev–Trinajstić information content (AvgIpc) is 2.73. The van der Waals surface area contributed by atoms with Gasteiger partial charge in [-0.3, -0.25) is 4.79 Å². The van der Waals surface area contributed by atoms with Gasteiger partial charge in [0.1, 0.15) is 0 Å². The number of nitrogens with zero attached hydrogens (tertiary/aromatic N) is 1. The number of nitrogens with one attached hydrogen (secondary N) is 1. The standard InChI is InChI=1S/C20H19ClN2O6/c1-26-14-8-11-13(9-15(14)27-2)22-19(23-20(11)25)12(21)5-10-6-16(28-3)18(24)17(7-10)29-4/h5-9,24H,1-4H3,(H,22,23,25)/b12-5-. The number of ether oxygens (including phenoxy) is 4. The molecule has 2 N–H and O–H groups in total. The number of rotatable bonds is 6. The first-order valence-corrected chi connectivity index (χ1v) is 8.78. The van der Waals surface area contributed by atoms with E-state index in [-0.39, 0.29) is 33.7 Å². The molecule has 0 bridgehead atoms. The fourth-order valence-electron chi connectivity index (χ4n) is 2.79. The first-order chi connectivity index (χ1) is 13.9. The van der Waals surface area contributed by atoms with Gasteiger partial charge < -0.3 is 29.0 Å². The predicted octanol–water partition coefficient (Wildman–Crippen LogP) is 3.40. The summed E-state index contributed by atoms with van der Waals surface area (Å²) < 4.78 is 20.8. The molecule has 0 aliphatic carbocycles. The third kappa shape index (κ3) is 3.93. The molecular weight excluding hydrogens is 400 g/mol. The molecule has 0 aliphatic heterocycles. The Hall–Kier alpha value is -3.39. The van der Waals surface area contributed by atoms with Gasteiger partial charge in [0.15, 0.2) is 28.8 Å². The van der Waals surface area contributed by atoms with Gasteiger partial charge in [0.2, 0.25) is 5.75 Å². The van der Waals surface area contributed by atoms with Gasteiger partial charge in [-0.2, -0.15) is 0 Å². The van der Waals surface area contributed by atoms with E-state index in [9.17, 15) is 9.90 Å². The Labute approximate surface area is 171 Å². The minimum Gasteiger partial charge on any atom is -0.502 e. The number of phenolic OH excluding ortho intramolecular Hbond substituents is 1. The lowest BCUT2D eigenvalue weighted by molar-refractivity contribution is 0.340. The minimum absolute atomic E-state index is 0.124. The molecule has 0 unspecified atom stereocenters. The SMILES string of the molecule is COc1cc2nc(/C(Cl)=C/c3cc(OC)c(O)c(OC)c3)[nH]c(=O)c2cc1OC. The Morgan fingerprint density at radius 2 is 1.52 bits per heavy atom. The number of phenols is 1. The molecule has 8 nitrogen and oxygen atoms in total. The molecule has 0 aliphatic rings. The van der Waals surface area contributed by atoms with E-state index in [1.165, 1.54) is 28.4 Å². The Morgan fingerprint density at radius 3 is 2.07 bits per heavy atom. The molecule has 1 heterocycles. The first kappa shape index (κ1) is 20.3. The normalized spacial score (nSPS) is 11.4. The zero-order valence-electron chi connectivity index (χ0n) is 16.2. The summed E-state index contributed by atoms with van der Waals surface area (Å²) in [6, 6.07) is 6.31. The fourth-order valence-corrected chi connectivity index (χ4v) is 3.01. The molecule has 152 valence electrons. The van der Waals surface area contributed by atoms with Gasteiger partial charge in [0.25, 0.3) is 5.56 Å². The van der Waals surface area contributed by atoms with Crippen LogP contribution in [-0.2, 0) is 0 Å².